The smallest absolute Gasteiger partial charge is 0.331 e. The maximum absolute atomic E-state index is 11.0. The summed E-state index contributed by atoms with van der Waals surface area (Å²) in [6.45, 7) is 3.95. The fraction of sp³-hybridized carbons (Fsp3) is 0.667. The van der Waals surface area contributed by atoms with Crippen molar-refractivity contribution in [2.45, 2.75) is 96.8 Å². The number of aliphatic carboxylic acids is 1. The lowest BCUT2D eigenvalue weighted by molar-refractivity contribution is -0.132. The average molecular weight is 397 g/mol. The number of hydrogen-bond acceptors (Lipinski definition) is 1. The molecule has 0 atom stereocenters. The maximum Gasteiger partial charge on any atom is 0.331 e. The van der Waals surface area contributed by atoms with E-state index in [0.29, 0.717) is 11.5 Å². The second-order valence-corrected chi connectivity index (χ2v) is 9.69. The number of carboxylic acids is 1. The Balaban J connectivity index is 1.44. The van der Waals surface area contributed by atoms with Crippen LogP contribution in [0.15, 0.2) is 29.8 Å². The highest BCUT2D eigenvalue weighted by Gasteiger charge is 2.31. The Morgan fingerprint density at radius 1 is 0.931 bits per heavy atom. The van der Waals surface area contributed by atoms with Gasteiger partial charge in [-0.1, -0.05) is 69.7 Å². The molecule has 0 aliphatic heterocycles. The molecular weight excluding hydrogens is 356 g/mol. The van der Waals surface area contributed by atoms with Crippen LogP contribution in [0.2, 0.25) is 0 Å². The SMILES string of the molecule is CCCCCC1CCC(C2CCC(c3ccc(/C=C(\C)C(=O)O)cc3)CC2)CC1. The molecule has 1 aromatic rings. The molecule has 0 saturated heterocycles. The van der Waals surface area contributed by atoms with Gasteiger partial charge in [0.15, 0.2) is 0 Å². The third kappa shape index (κ3) is 6.46. The zero-order valence-electron chi connectivity index (χ0n) is 18.5. The van der Waals surface area contributed by atoms with Crippen LogP contribution in [-0.2, 0) is 4.79 Å². The van der Waals surface area contributed by atoms with Gasteiger partial charge < -0.3 is 5.11 Å². The number of unbranched alkanes of at least 4 members (excludes halogenated alkanes) is 2. The molecule has 3 rings (SSSR count). The number of rotatable bonds is 8. The van der Waals surface area contributed by atoms with Crippen molar-refractivity contribution in [3.8, 4) is 0 Å². The summed E-state index contributed by atoms with van der Waals surface area (Å²) in [4.78, 5) is 11.0. The Morgan fingerprint density at radius 3 is 2.07 bits per heavy atom. The highest BCUT2D eigenvalue weighted by Crippen LogP contribution is 2.44. The van der Waals surface area contributed by atoms with E-state index in [-0.39, 0.29) is 0 Å². The highest BCUT2D eigenvalue weighted by atomic mass is 16.4. The number of hydrogen-bond donors (Lipinski definition) is 1. The molecule has 0 heterocycles. The fourth-order valence-electron chi connectivity index (χ4n) is 5.73. The average Bonchev–Trinajstić information content (AvgIpc) is 2.75. The van der Waals surface area contributed by atoms with Gasteiger partial charge in [0.2, 0.25) is 0 Å². The van der Waals surface area contributed by atoms with Gasteiger partial charge in [-0.05, 0) is 86.3 Å². The Kier molecular flexibility index (Phi) is 8.39. The van der Waals surface area contributed by atoms with Crippen LogP contribution in [0.25, 0.3) is 6.08 Å². The van der Waals surface area contributed by atoms with Crippen LogP contribution in [0.4, 0.5) is 0 Å². The van der Waals surface area contributed by atoms with Gasteiger partial charge >= 0.3 is 5.97 Å². The third-order valence-corrected chi connectivity index (χ3v) is 7.67. The van der Waals surface area contributed by atoms with Gasteiger partial charge in [0.25, 0.3) is 0 Å². The minimum absolute atomic E-state index is 0.387. The van der Waals surface area contributed by atoms with Crippen molar-refractivity contribution >= 4 is 12.0 Å². The van der Waals surface area contributed by atoms with Crippen molar-refractivity contribution < 1.29 is 9.90 Å². The normalized spacial score (nSPS) is 28.3. The lowest BCUT2D eigenvalue weighted by Crippen LogP contribution is -2.25. The zero-order chi connectivity index (χ0) is 20.6. The lowest BCUT2D eigenvalue weighted by atomic mass is 9.68. The van der Waals surface area contributed by atoms with Crippen molar-refractivity contribution in [3.05, 3.63) is 41.0 Å². The van der Waals surface area contributed by atoms with Crippen molar-refractivity contribution in [2.24, 2.45) is 17.8 Å². The molecule has 0 bridgehead atoms. The van der Waals surface area contributed by atoms with E-state index in [0.717, 1.165) is 23.3 Å². The van der Waals surface area contributed by atoms with Crippen molar-refractivity contribution in [3.63, 3.8) is 0 Å². The minimum Gasteiger partial charge on any atom is -0.478 e. The fourth-order valence-corrected chi connectivity index (χ4v) is 5.73. The minimum atomic E-state index is -0.845. The van der Waals surface area contributed by atoms with Gasteiger partial charge in [-0.25, -0.2) is 4.79 Å². The third-order valence-electron chi connectivity index (χ3n) is 7.67. The molecule has 0 unspecified atom stereocenters. The molecule has 2 fully saturated rings. The molecule has 2 aliphatic carbocycles. The quantitative estimate of drug-likeness (QED) is 0.359. The molecule has 2 aliphatic rings. The monoisotopic (exact) mass is 396 g/mol. The largest absolute Gasteiger partial charge is 0.478 e. The van der Waals surface area contributed by atoms with E-state index in [2.05, 4.69) is 31.2 Å². The van der Waals surface area contributed by atoms with Gasteiger partial charge in [0, 0.05) is 5.57 Å². The first-order valence-corrected chi connectivity index (χ1v) is 12.1. The van der Waals surface area contributed by atoms with Crippen LogP contribution in [0.1, 0.15) is 108 Å². The van der Waals surface area contributed by atoms with E-state index in [4.69, 9.17) is 5.11 Å². The van der Waals surface area contributed by atoms with Crippen LogP contribution in [-0.4, -0.2) is 11.1 Å². The van der Waals surface area contributed by atoms with E-state index in [9.17, 15) is 4.79 Å². The summed E-state index contributed by atoms with van der Waals surface area (Å²) in [6, 6.07) is 8.59. The van der Waals surface area contributed by atoms with E-state index >= 15 is 0 Å². The molecule has 29 heavy (non-hydrogen) atoms. The molecule has 0 spiro atoms. The molecule has 0 amide bonds. The maximum atomic E-state index is 11.0. The second kappa shape index (κ2) is 11.0. The van der Waals surface area contributed by atoms with Gasteiger partial charge in [-0.15, -0.1) is 0 Å². The predicted molar refractivity (Wildman–Crippen MR) is 122 cm³/mol. The zero-order valence-corrected chi connectivity index (χ0v) is 18.5. The summed E-state index contributed by atoms with van der Waals surface area (Å²) < 4.78 is 0. The van der Waals surface area contributed by atoms with Crippen LogP contribution in [0, 0.1) is 17.8 Å². The second-order valence-electron chi connectivity index (χ2n) is 9.69. The molecule has 2 nitrogen and oxygen atoms in total. The predicted octanol–water partition coefficient (Wildman–Crippen LogP) is 7.84. The molecule has 1 N–H and O–H groups in total. The summed E-state index contributed by atoms with van der Waals surface area (Å²) in [5.74, 6) is 2.82. The van der Waals surface area contributed by atoms with Crippen LogP contribution in [0.3, 0.4) is 0 Å². The van der Waals surface area contributed by atoms with E-state index in [1.54, 1.807) is 13.0 Å². The number of carboxylic acid groups (broad SMARTS) is 1. The topological polar surface area (TPSA) is 37.3 Å². The highest BCUT2D eigenvalue weighted by molar-refractivity contribution is 5.91. The lowest BCUT2D eigenvalue weighted by Gasteiger charge is -2.38. The van der Waals surface area contributed by atoms with E-state index < -0.39 is 5.97 Å². The first kappa shape index (κ1) is 22.1. The van der Waals surface area contributed by atoms with Crippen LogP contribution in [0.5, 0.6) is 0 Å². The summed E-state index contributed by atoms with van der Waals surface area (Å²) >= 11 is 0. The van der Waals surface area contributed by atoms with Gasteiger partial charge in [0.05, 0.1) is 0 Å². The van der Waals surface area contributed by atoms with E-state index in [1.165, 1.54) is 82.6 Å². The Labute approximate surface area is 177 Å². The van der Waals surface area contributed by atoms with Crippen LogP contribution < -0.4 is 0 Å². The van der Waals surface area contributed by atoms with E-state index in [1.807, 2.05) is 0 Å². The van der Waals surface area contributed by atoms with Crippen molar-refractivity contribution in [1.82, 2.24) is 0 Å². The summed E-state index contributed by atoms with van der Waals surface area (Å²) in [7, 11) is 0. The molecule has 2 saturated carbocycles. The Hall–Kier alpha value is -1.57. The summed E-state index contributed by atoms with van der Waals surface area (Å²) in [5.41, 5.74) is 2.81. The molecular formula is C27H40O2. The summed E-state index contributed by atoms with van der Waals surface area (Å²) in [6.07, 6.45) is 18.8. The standard InChI is InChI=1S/C27H40O2/c1-3-4-5-6-21-7-11-23(12-8-21)25-15-17-26(18-16-25)24-13-9-22(10-14-24)19-20(2)27(28)29/h9-10,13-14,19,21,23,25-26H,3-8,11-12,15-18H2,1-2H3,(H,28,29)/b20-19+. The van der Waals surface area contributed by atoms with Gasteiger partial charge in [-0.3, -0.25) is 0 Å². The molecule has 0 radical (unpaired) electrons. The Bertz CT molecular complexity index is 656. The molecule has 160 valence electrons. The molecule has 2 heteroatoms. The van der Waals surface area contributed by atoms with Crippen LogP contribution >= 0.6 is 0 Å². The molecule has 1 aromatic carbocycles. The first-order valence-electron chi connectivity index (χ1n) is 12.1. The van der Waals surface area contributed by atoms with Crippen molar-refractivity contribution in [1.29, 1.82) is 0 Å². The van der Waals surface area contributed by atoms with Gasteiger partial charge in [-0.2, -0.15) is 0 Å². The summed E-state index contributed by atoms with van der Waals surface area (Å²) in [5, 5.41) is 9.03. The Morgan fingerprint density at radius 2 is 1.52 bits per heavy atom. The number of benzene rings is 1. The van der Waals surface area contributed by atoms with Gasteiger partial charge in [0.1, 0.15) is 0 Å². The van der Waals surface area contributed by atoms with Crippen molar-refractivity contribution in [2.75, 3.05) is 0 Å². The first-order chi connectivity index (χ1) is 14.1. The molecule has 0 aromatic heterocycles. The number of carbonyl (C=O) groups is 1.